The first-order valence-corrected chi connectivity index (χ1v) is 11.8. The molecule has 0 saturated heterocycles. The summed E-state index contributed by atoms with van der Waals surface area (Å²) in [6.07, 6.45) is 3.16. The van der Waals surface area contributed by atoms with E-state index in [-0.39, 0.29) is 48.0 Å². The lowest BCUT2D eigenvalue weighted by atomic mass is 10.1. The third-order valence-electron chi connectivity index (χ3n) is 6.12. The van der Waals surface area contributed by atoms with Gasteiger partial charge in [-0.05, 0) is 44.0 Å². The van der Waals surface area contributed by atoms with Crippen LogP contribution in [0.25, 0.3) is 10.9 Å². The van der Waals surface area contributed by atoms with Gasteiger partial charge in [-0.1, -0.05) is 23.7 Å². The van der Waals surface area contributed by atoms with Crippen LogP contribution in [0.3, 0.4) is 0 Å². The summed E-state index contributed by atoms with van der Waals surface area (Å²) in [4.78, 5) is 51.5. The lowest BCUT2D eigenvalue weighted by molar-refractivity contribution is -0.137. The SMILES string of the molecule is COC(=O)c1ccc2c(c1)c(C(C)=O)cn2CC(=O)N(CC(=O)NCc1cccc(Cl)c1F)C1CC1. The Bertz CT molecular complexity index is 1370. The molecule has 1 aliphatic rings. The first kappa shape index (κ1) is 25.4. The lowest BCUT2D eigenvalue weighted by Crippen LogP contribution is -2.43. The predicted molar refractivity (Wildman–Crippen MR) is 131 cm³/mol. The van der Waals surface area contributed by atoms with E-state index in [1.54, 1.807) is 35.0 Å². The third-order valence-corrected chi connectivity index (χ3v) is 6.41. The Kier molecular flexibility index (Phi) is 7.40. The van der Waals surface area contributed by atoms with Gasteiger partial charge >= 0.3 is 5.97 Å². The molecule has 1 fully saturated rings. The Morgan fingerprint density at radius 3 is 2.61 bits per heavy atom. The monoisotopic (exact) mass is 513 g/mol. The Balaban J connectivity index is 1.50. The van der Waals surface area contributed by atoms with E-state index >= 15 is 0 Å². The van der Waals surface area contributed by atoms with Crippen LogP contribution >= 0.6 is 11.6 Å². The number of fused-ring (bicyclic) bond motifs is 1. The zero-order valence-electron chi connectivity index (χ0n) is 19.8. The van der Waals surface area contributed by atoms with Crippen molar-refractivity contribution >= 4 is 46.1 Å². The van der Waals surface area contributed by atoms with Crippen molar-refractivity contribution in [3.05, 3.63) is 70.1 Å². The average Bonchev–Trinajstić information content (AvgIpc) is 3.64. The van der Waals surface area contributed by atoms with Crippen LogP contribution in [0.4, 0.5) is 4.39 Å². The number of methoxy groups -OCH3 is 1. The van der Waals surface area contributed by atoms with Crippen molar-refractivity contribution in [3.63, 3.8) is 0 Å². The molecule has 0 spiro atoms. The van der Waals surface area contributed by atoms with Gasteiger partial charge in [0.05, 0.1) is 24.2 Å². The highest BCUT2D eigenvalue weighted by Gasteiger charge is 2.34. The van der Waals surface area contributed by atoms with Gasteiger partial charge in [0.1, 0.15) is 12.4 Å². The fourth-order valence-electron chi connectivity index (χ4n) is 4.09. The van der Waals surface area contributed by atoms with Crippen molar-refractivity contribution < 1.29 is 28.3 Å². The van der Waals surface area contributed by atoms with E-state index < -0.39 is 17.7 Å². The number of carbonyl (C=O) groups excluding carboxylic acids is 4. The second-order valence-electron chi connectivity index (χ2n) is 8.69. The van der Waals surface area contributed by atoms with Crippen LogP contribution < -0.4 is 5.32 Å². The fourth-order valence-corrected chi connectivity index (χ4v) is 4.28. The van der Waals surface area contributed by atoms with Gasteiger partial charge in [0.25, 0.3) is 0 Å². The number of rotatable bonds is 9. The number of benzene rings is 2. The Morgan fingerprint density at radius 1 is 1.19 bits per heavy atom. The van der Waals surface area contributed by atoms with E-state index in [1.807, 2.05) is 0 Å². The highest BCUT2D eigenvalue weighted by Crippen LogP contribution is 2.28. The Labute approximate surface area is 212 Å². The molecule has 2 amide bonds. The van der Waals surface area contributed by atoms with Crippen LogP contribution in [-0.2, 0) is 27.4 Å². The molecule has 1 heterocycles. The predicted octanol–water partition coefficient (Wildman–Crippen LogP) is 3.73. The number of aromatic nitrogens is 1. The molecule has 0 bridgehead atoms. The second-order valence-corrected chi connectivity index (χ2v) is 9.10. The molecule has 0 radical (unpaired) electrons. The summed E-state index contributed by atoms with van der Waals surface area (Å²) in [5, 5.41) is 3.15. The van der Waals surface area contributed by atoms with Crippen LogP contribution in [0.15, 0.2) is 42.6 Å². The number of Topliss-reactive ketones (excluding diaryl/α,β-unsaturated/α-hetero) is 1. The molecule has 36 heavy (non-hydrogen) atoms. The van der Waals surface area contributed by atoms with E-state index in [1.165, 1.54) is 31.1 Å². The standard InChI is InChI=1S/C26H25ClFN3O5/c1-15(32)20-12-30(22-9-6-16(10-19(20)22)26(35)36-2)14-24(34)31(18-7-8-18)13-23(33)29-11-17-4-3-5-21(27)25(17)28/h3-6,9-10,12,18H,7-8,11,13-14H2,1-2H3,(H,29,33). The summed E-state index contributed by atoms with van der Waals surface area (Å²) in [5.41, 5.74) is 1.53. The van der Waals surface area contributed by atoms with Crippen molar-refractivity contribution in [2.45, 2.75) is 38.9 Å². The molecule has 0 unspecified atom stereocenters. The number of carbonyl (C=O) groups is 4. The highest BCUT2D eigenvalue weighted by atomic mass is 35.5. The number of ketones is 1. The molecular formula is C26H25ClFN3O5. The summed E-state index contributed by atoms with van der Waals surface area (Å²) >= 11 is 5.79. The van der Waals surface area contributed by atoms with Gasteiger partial charge in [0.2, 0.25) is 11.8 Å². The minimum Gasteiger partial charge on any atom is -0.465 e. The maximum absolute atomic E-state index is 14.1. The molecule has 4 rings (SSSR count). The molecule has 8 nitrogen and oxygen atoms in total. The van der Waals surface area contributed by atoms with Crippen molar-refractivity contribution in [1.82, 2.24) is 14.8 Å². The summed E-state index contributed by atoms with van der Waals surface area (Å²) in [6.45, 7) is 1.10. The minimum absolute atomic E-state index is 0.0286. The van der Waals surface area contributed by atoms with Gasteiger partial charge < -0.3 is 19.5 Å². The topological polar surface area (TPSA) is 97.7 Å². The molecule has 1 aliphatic carbocycles. The smallest absolute Gasteiger partial charge is 0.337 e. The van der Waals surface area contributed by atoms with Crippen LogP contribution in [0, 0.1) is 5.82 Å². The Morgan fingerprint density at radius 2 is 1.94 bits per heavy atom. The molecule has 1 saturated carbocycles. The van der Waals surface area contributed by atoms with Crippen LogP contribution in [0.1, 0.15) is 46.0 Å². The summed E-state index contributed by atoms with van der Waals surface area (Å²) < 4.78 is 20.5. The van der Waals surface area contributed by atoms with Gasteiger partial charge in [-0.3, -0.25) is 14.4 Å². The largest absolute Gasteiger partial charge is 0.465 e. The highest BCUT2D eigenvalue weighted by molar-refractivity contribution is 6.30. The van der Waals surface area contributed by atoms with Crippen LogP contribution in [0.5, 0.6) is 0 Å². The first-order chi connectivity index (χ1) is 17.2. The molecule has 1 aromatic heterocycles. The molecule has 188 valence electrons. The van der Waals surface area contributed by atoms with Gasteiger partial charge in [-0.15, -0.1) is 0 Å². The van der Waals surface area contributed by atoms with Gasteiger partial charge in [-0.25, -0.2) is 9.18 Å². The summed E-state index contributed by atoms with van der Waals surface area (Å²) in [6, 6.07) is 9.30. The molecule has 3 aromatic rings. The van der Waals surface area contributed by atoms with Gasteiger partial charge in [-0.2, -0.15) is 0 Å². The molecular weight excluding hydrogens is 489 g/mol. The first-order valence-electron chi connectivity index (χ1n) is 11.4. The van der Waals surface area contributed by atoms with E-state index in [9.17, 15) is 23.6 Å². The number of esters is 1. The van der Waals surface area contributed by atoms with Crippen molar-refractivity contribution in [1.29, 1.82) is 0 Å². The molecule has 2 aromatic carbocycles. The van der Waals surface area contributed by atoms with E-state index in [2.05, 4.69) is 5.32 Å². The van der Waals surface area contributed by atoms with E-state index in [0.717, 1.165) is 12.8 Å². The van der Waals surface area contributed by atoms with Crippen LogP contribution in [-0.4, -0.2) is 52.7 Å². The summed E-state index contributed by atoms with van der Waals surface area (Å²) in [7, 11) is 1.27. The zero-order chi connectivity index (χ0) is 26.0. The second kappa shape index (κ2) is 10.5. The Hall–Kier alpha value is -3.72. The molecule has 0 atom stereocenters. The number of nitrogens with zero attached hydrogens (tertiary/aromatic N) is 2. The number of ether oxygens (including phenoxy) is 1. The minimum atomic E-state index is -0.592. The van der Waals surface area contributed by atoms with Crippen molar-refractivity contribution in [2.75, 3.05) is 13.7 Å². The molecule has 0 aliphatic heterocycles. The quantitative estimate of drug-likeness (QED) is 0.347. The lowest BCUT2D eigenvalue weighted by Gasteiger charge is -2.22. The maximum Gasteiger partial charge on any atom is 0.337 e. The third kappa shape index (κ3) is 5.41. The van der Waals surface area contributed by atoms with E-state index in [4.69, 9.17) is 16.3 Å². The molecule has 1 N–H and O–H groups in total. The fraction of sp³-hybridized carbons (Fsp3) is 0.308. The maximum atomic E-state index is 14.1. The average molecular weight is 514 g/mol. The molecule has 10 heteroatoms. The number of amides is 2. The number of hydrogen-bond donors (Lipinski definition) is 1. The van der Waals surface area contributed by atoms with Gasteiger partial charge in [0, 0.05) is 40.8 Å². The number of halogens is 2. The van der Waals surface area contributed by atoms with Gasteiger partial charge in [0.15, 0.2) is 5.78 Å². The normalized spacial score (nSPS) is 12.9. The van der Waals surface area contributed by atoms with Crippen LogP contribution in [0.2, 0.25) is 5.02 Å². The number of hydrogen-bond acceptors (Lipinski definition) is 5. The van der Waals surface area contributed by atoms with E-state index in [0.29, 0.717) is 22.0 Å². The number of nitrogens with one attached hydrogen (secondary N) is 1. The zero-order valence-corrected chi connectivity index (χ0v) is 20.6. The van der Waals surface area contributed by atoms with Crippen molar-refractivity contribution in [2.24, 2.45) is 0 Å². The van der Waals surface area contributed by atoms with Crippen molar-refractivity contribution in [3.8, 4) is 0 Å². The summed E-state index contributed by atoms with van der Waals surface area (Å²) in [5.74, 6) is -2.03.